The summed E-state index contributed by atoms with van der Waals surface area (Å²) in [5.74, 6) is 0.429. The van der Waals surface area contributed by atoms with E-state index in [4.69, 9.17) is 30.2 Å². The minimum Gasteiger partial charge on any atom is -0.493 e. The highest BCUT2D eigenvalue weighted by Crippen LogP contribution is 2.38. The molecule has 2 aromatic carbocycles. The number of nitrogens with zero attached hydrogens (tertiary/aromatic N) is 3. The molecule has 0 spiro atoms. The number of hydrogen-bond donors (Lipinski definition) is 1. The highest BCUT2D eigenvalue weighted by atomic mass is 35.5. The second-order valence-corrected chi connectivity index (χ2v) is 7.63. The van der Waals surface area contributed by atoms with Crippen molar-refractivity contribution in [2.24, 2.45) is 0 Å². The normalized spacial score (nSPS) is 15.5. The largest absolute Gasteiger partial charge is 0.493 e. The number of anilines is 2. The number of rotatable bonds is 7. The molecule has 0 radical (unpaired) electrons. The maximum Gasteiger partial charge on any atom is 0.322 e. The molecule has 11 heteroatoms. The van der Waals surface area contributed by atoms with Gasteiger partial charge in [-0.15, -0.1) is 5.10 Å². The minimum atomic E-state index is -0.505. The summed E-state index contributed by atoms with van der Waals surface area (Å²) >= 11 is 5.93. The van der Waals surface area contributed by atoms with Crippen LogP contribution in [0.15, 0.2) is 40.8 Å². The number of carbonyl (C=O) groups excluding carboxylic acids is 2. The lowest BCUT2D eigenvalue weighted by molar-refractivity contribution is -0.117. The van der Waals surface area contributed by atoms with Gasteiger partial charge in [-0.25, -0.2) is 0 Å². The van der Waals surface area contributed by atoms with E-state index in [1.54, 1.807) is 29.2 Å². The van der Waals surface area contributed by atoms with Crippen molar-refractivity contribution in [3.63, 3.8) is 0 Å². The van der Waals surface area contributed by atoms with Crippen molar-refractivity contribution >= 4 is 35.1 Å². The van der Waals surface area contributed by atoms with Crippen LogP contribution >= 0.6 is 11.6 Å². The SMILES string of the molecule is COc1cc(C(=O)Nc2nnc([C@H]3CC(=O)N(c4ccc(Cl)cc4)C3)o2)cc(OC)c1OC. The first-order valence-corrected chi connectivity index (χ1v) is 10.3. The minimum absolute atomic E-state index is 0.0662. The van der Waals surface area contributed by atoms with Crippen molar-refractivity contribution in [3.05, 3.63) is 52.9 Å². The van der Waals surface area contributed by atoms with Crippen LogP contribution in [0.3, 0.4) is 0 Å². The van der Waals surface area contributed by atoms with Crippen LogP contribution in [-0.2, 0) is 4.79 Å². The fraction of sp³-hybridized carbons (Fsp3) is 0.273. The first-order valence-electron chi connectivity index (χ1n) is 9.94. The number of benzene rings is 2. The lowest BCUT2D eigenvalue weighted by Gasteiger charge is -2.16. The van der Waals surface area contributed by atoms with Crippen molar-refractivity contribution in [1.82, 2.24) is 10.2 Å². The van der Waals surface area contributed by atoms with Crippen LogP contribution in [-0.4, -0.2) is 49.9 Å². The number of amides is 2. The Morgan fingerprint density at radius 3 is 2.36 bits per heavy atom. The van der Waals surface area contributed by atoms with Gasteiger partial charge < -0.3 is 23.5 Å². The van der Waals surface area contributed by atoms with E-state index in [2.05, 4.69) is 15.5 Å². The van der Waals surface area contributed by atoms with E-state index in [1.807, 2.05) is 0 Å². The van der Waals surface area contributed by atoms with E-state index in [0.29, 0.717) is 28.8 Å². The standard InChI is InChI=1S/C22H21ClN4O6/c1-30-16-8-12(9-17(31-2)19(16)32-3)20(29)24-22-26-25-21(33-22)13-10-18(28)27(11-13)15-6-4-14(23)5-7-15/h4-9,13H,10-11H2,1-3H3,(H,24,26,29)/t13-/m0/s1. The number of halogens is 1. The molecule has 2 amide bonds. The zero-order valence-corrected chi connectivity index (χ0v) is 18.9. The predicted molar refractivity (Wildman–Crippen MR) is 120 cm³/mol. The number of methoxy groups -OCH3 is 3. The second kappa shape index (κ2) is 9.37. The fourth-order valence-corrected chi connectivity index (χ4v) is 3.70. The van der Waals surface area contributed by atoms with E-state index in [1.165, 1.54) is 33.5 Å². The smallest absolute Gasteiger partial charge is 0.322 e. The second-order valence-electron chi connectivity index (χ2n) is 7.20. The summed E-state index contributed by atoms with van der Waals surface area (Å²) in [4.78, 5) is 26.9. The summed E-state index contributed by atoms with van der Waals surface area (Å²) in [6.07, 6.45) is 0.213. The lowest BCUT2D eigenvalue weighted by atomic mass is 10.1. The van der Waals surface area contributed by atoms with Gasteiger partial charge in [0.1, 0.15) is 0 Å². The molecule has 0 aliphatic carbocycles. The molecule has 2 heterocycles. The number of carbonyl (C=O) groups is 2. The van der Waals surface area contributed by atoms with Gasteiger partial charge in [0.15, 0.2) is 11.5 Å². The quantitative estimate of drug-likeness (QED) is 0.555. The molecule has 0 bridgehead atoms. The Balaban J connectivity index is 1.47. The lowest BCUT2D eigenvalue weighted by Crippen LogP contribution is -2.24. The fourth-order valence-electron chi connectivity index (χ4n) is 3.58. The van der Waals surface area contributed by atoms with Gasteiger partial charge in [0.05, 0.1) is 27.2 Å². The molecule has 4 rings (SSSR count). The molecule has 3 aromatic rings. The number of ether oxygens (including phenoxy) is 3. The zero-order chi connectivity index (χ0) is 23.5. The molecule has 1 saturated heterocycles. The Labute approximate surface area is 194 Å². The van der Waals surface area contributed by atoms with Crippen molar-refractivity contribution in [2.45, 2.75) is 12.3 Å². The molecule has 1 aliphatic rings. The molecule has 0 unspecified atom stereocenters. The highest BCUT2D eigenvalue weighted by Gasteiger charge is 2.35. The Hall–Kier alpha value is -3.79. The molecule has 0 saturated carbocycles. The van der Waals surface area contributed by atoms with Crippen LogP contribution in [0.25, 0.3) is 0 Å². The summed E-state index contributed by atoms with van der Waals surface area (Å²) in [7, 11) is 4.39. The van der Waals surface area contributed by atoms with Gasteiger partial charge in [-0.3, -0.25) is 14.9 Å². The first kappa shape index (κ1) is 22.4. The van der Waals surface area contributed by atoms with Crippen molar-refractivity contribution < 1.29 is 28.2 Å². The van der Waals surface area contributed by atoms with Crippen LogP contribution < -0.4 is 24.4 Å². The van der Waals surface area contributed by atoms with Gasteiger partial charge in [-0.1, -0.05) is 16.7 Å². The van der Waals surface area contributed by atoms with E-state index >= 15 is 0 Å². The highest BCUT2D eigenvalue weighted by molar-refractivity contribution is 6.30. The van der Waals surface area contributed by atoms with Crippen LogP contribution in [0.4, 0.5) is 11.7 Å². The monoisotopic (exact) mass is 472 g/mol. The van der Waals surface area contributed by atoms with Crippen molar-refractivity contribution in [2.75, 3.05) is 38.1 Å². The third-order valence-electron chi connectivity index (χ3n) is 5.20. The summed E-state index contributed by atoms with van der Waals surface area (Å²) in [5, 5.41) is 11.1. The van der Waals surface area contributed by atoms with Gasteiger partial charge in [0.2, 0.25) is 17.5 Å². The molecule has 1 aromatic heterocycles. The molecular formula is C22H21ClN4O6. The molecule has 1 N–H and O–H groups in total. The molecule has 1 atom stereocenters. The predicted octanol–water partition coefficient (Wildman–Crippen LogP) is 3.52. The summed E-state index contributed by atoms with van der Waals surface area (Å²) in [5.41, 5.74) is 0.983. The maximum absolute atomic E-state index is 12.7. The van der Waals surface area contributed by atoms with Crippen LogP contribution in [0.5, 0.6) is 17.2 Å². The summed E-state index contributed by atoms with van der Waals surface area (Å²) in [6.45, 7) is 0.378. The Morgan fingerprint density at radius 2 is 1.76 bits per heavy atom. The van der Waals surface area contributed by atoms with Crippen molar-refractivity contribution in [1.29, 1.82) is 0 Å². The molecule has 1 aliphatic heterocycles. The zero-order valence-electron chi connectivity index (χ0n) is 18.1. The Morgan fingerprint density at radius 1 is 1.09 bits per heavy atom. The summed E-state index contributed by atoms with van der Waals surface area (Å²) in [6, 6.07) is 9.93. The molecular weight excluding hydrogens is 452 g/mol. The first-order chi connectivity index (χ1) is 15.9. The molecule has 172 valence electrons. The van der Waals surface area contributed by atoms with Gasteiger partial charge in [-0.05, 0) is 36.4 Å². The van der Waals surface area contributed by atoms with Gasteiger partial charge in [0.25, 0.3) is 5.91 Å². The van der Waals surface area contributed by atoms with Crippen LogP contribution in [0.2, 0.25) is 5.02 Å². The third-order valence-corrected chi connectivity index (χ3v) is 5.45. The van der Waals surface area contributed by atoms with Gasteiger partial charge >= 0.3 is 6.01 Å². The van der Waals surface area contributed by atoms with E-state index in [0.717, 1.165) is 5.69 Å². The van der Waals surface area contributed by atoms with Crippen LogP contribution in [0, 0.1) is 0 Å². The number of hydrogen-bond acceptors (Lipinski definition) is 8. The summed E-state index contributed by atoms with van der Waals surface area (Å²) < 4.78 is 21.4. The van der Waals surface area contributed by atoms with E-state index < -0.39 is 5.91 Å². The average Bonchev–Trinajstić information content (AvgIpc) is 3.45. The average molecular weight is 473 g/mol. The Kier molecular flexibility index (Phi) is 6.36. The number of aromatic nitrogens is 2. The van der Waals surface area contributed by atoms with Gasteiger partial charge in [-0.2, -0.15) is 0 Å². The number of nitrogens with one attached hydrogen (secondary N) is 1. The van der Waals surface area contributed by atoms with Gasteiger partial charge in [0, 0.05) is 29.2 Å². The maximum atomic E-state index is 12.7. The molecule has 10 nitrogen and oxygen atoms in total. The van der Waals surface area contributed by atoms with E-state index in [-0.39, 0.29) is 35.7 Å². The molecule has 1 fully saturated rings. The van der Waals surface area contributed by atoms with Crippen LogP contribution in [0.1, 0.15) is 28.6 Å². The Bertz CT molecular complexity index is 1150. The topological polar surface area (TPSA) is 116 Å². The van der Waals surface area contributed by atoms with E-state index in [9.17, 15) is 9.59 Å². The third kappa shape index (κ3) is 4.56. The van der Waals surface area contributed by atoms with Crippen molar-refractivity contribution in [3.8, 4) is 17.2 Å². The molecule has 33 heavy (non-hydrogen) atoms.